The second-order valence-corrected chi connectivity index (χ2v) is 5.63. The molecule has 0 bridgehead atoms. The molecule has 0 aliphatic carbocycles. The number of aliphatic hydroxyl groups is 1. The molecule has 0 saturated heterocycles. The molecule has 0 heterocycles. The van der Waals surface area contributed by atoms with Gasteiger partial charge in [0.2, 0.25) is 0 Å². The number of hydrogen-bond acceptors (Lipinski definition) is 4. The summed E-state index contributed by atoms with van der Waals surface area (Å²) >= 11 is 1.79. The zero-order chi connectivity index (χ0) is 11.9. The highest BCUT2D eigenvalue weighted by atomic mass is 32.2. The van der Waals surface area contributed by atoms with E-state index >= 15 is 0 Å². The fourth-order valence-corrected chi connectivity index (χ4v) is 2.26. The first-order chi connectivity index (χ1) is 6.94. The van der Waals surface area contributed by atoms with Crippen LogP contribution in [-0.2, 0) is 0 Å². The van der Waals surface area contributed by atoms with Crippen molar-refractivity contribution in [2.24, 2.45) is 22.2 Å². The monoisotopic (exact) mass is 234 g/mol. The Morgan fingerprint density at radius 2 is 2.13 bits per heavy atom. The molecule has 0 aliphatic rings. The first kappa shape index (κ1) is 14.6. The summed E-state index contributed by atoms with van der Waals surface area (Å²) in [5.74, 6) is 2.51. The van der Waals surface area contributed by atoms with Crippen molar-refractivity contribution in [2.75, 3.05) is 18.1 Å². The van der Waals surface area contributed by atoms with Crippen LogP contribution in [0.25, 0.3) is 0 Å². The van der Waals surface area contributed by atoms with E-state index in [1.54, 1.807) is 11.8 Å². The summed E-state index contributed by atoms with van der Waals surface area (Å²) in [4.78, 5) is 0. The van der Waals surface area contributed by atoms with E-state index in [0.29, 0.717) is 5.92 Å². The summed E-state index contributed by atoms with van der Waals surface area (Å²) in [6.45, 7) is 6.16. The van der Waals surface area contributed by atoms with Crippen LogP contribution in [-0.4, -0.2) is 34.3 Å². The van der Waals surface area contributed by atoms with Crippen LogP contribution < -0.4 is 5.73 Å². The number of thioether (sulfide) groups is 1. The molecule has 0 fully saturated rings. The predicted octanol–water partition coefficient (Wildman–Crippen LogP) is 1.51. The van der Waals surface area contributed by atoms with Gasteiger partial charge in [0.1, 0.15) is 5.84 Å². The van der Waals surface area contributed by atoms with Gasteiger partial charge in [-0.1, -0.05) is 25.9 Å². The molecular weight excluding hydrogens is 212 g/mol. The van der Waals surface area contributed by atoms with Gasteiger partial charge in [0, 0.05) is 12.0 Å². The van der Waals surface area contributed by atoms with Crippen molar-refractivity contribution in [1.82, 2.24) is 0 Å². The zero-order valence-electron chi connectivity index (χ0n) is 9.73. The molecule has 0 aromatic heterocycles. The summed E-state index contributed by atoms with van der Waals surface area (Å²) in [5, 5.41) is 20.4. The van der Waals surface area contributed by atoms with E-state index < -0.39 is 0 Å². The number of oxime groups is 1. The lowest BCUT2D eigenvalue weighted by Gasteiger charge is -2.22. The highest BCUT2D eigenvalue weighted by Gasteiger charge is 2.22. The second-order valence-electron chi connectivity index (χ2n) is 4.48. The molecule has 0 aromatic rings. The third-order valence-corrected chi connectivity index (χ3v) is 3.68. The van der Waals surface area contributed by atoms with Gasteiger partial charge in [-0.25, -0.2) is 0 Å². The van der Waals surface area contributed by atoms with E-state index in [1.807, 2.05) is 20.8 Å². The Balaban J connectivity index is 3.76. The molecule has 0 aromatic carbocycles. The molecule has 0 rings (SSSR count). The number of hydrogen-bond donors (Lipinski definition) is 3. The van der Waals surface area contributed by atoms with Crippen LogP contribution in [0.15, 0.2) is 5.16 Å². The fourth-order valence-electron chi connectivity index (χ4n) is 0.928. The van der Waals surface area contributed by atoms with Crippen molar-refractivity contribution in [3.8, 4) is 0 Å². The summed E-state index contributed by atoms with van der Waals surface area (Å²) in [7, 11) is 0. The smallest absolute Gasteiger partial charge is 0.144 e. The number of rotatable bonds is 7. The van der Waals surface area contributed by atoms with Crippen molar-refractivity contribution in [3.63, 3.8) is 0 Å². The predicted molar refractivity (Wildman–Crippen MR) is 65.4 cm³/mol. The van der Waals surface area contributed by atoms with Crippen LogP contribution in [0.5, 0.6) is 0 Å². The van der Waals surface area contributed by atoms with Gasteiger partial charge < -0.3 is 16.0 Å². The minimum Gasteiger partial charge on any atom is -0.409 e. The standard InChI is InChI=1S/C10H22N2O2S/c1-8(6-13)7-15-5-4-10(2,3)9(11)12-14/h8,13-14H,4-7H2,1-3H3,(H2,11,12). The molecule has 15 heavy (non-hydrogen) atoms. The maximum absolute atomic E-state index is 8.83. The summed E-state index contributed by atoms with van der Waals surface area (Å²) < 4.78 is 0. The van der Waals surface area contributed by atoms with E-state index in [1.165, 1.54) is 0 Å². The Morgan fingerprint density at radius 1 is 1.53 bits per heavy atom. The third kappa shape index (κ3) is 5.89. The van der Waals surface area contributed by atoms with Crippen LogP contribution in [0.4, 0.5) is 0 Å². The highest BCUT2D eigenvalue weighted by molar-refractivity contribution is 7.99. The summed E-state index contributed by atoms with van der Waals surface area (Å²) in [6.07, 6.45) is 0.867. The van der Waals surface area contributed by atoms with Crippen LogP contribution in [0.3, 0.4) is 0 Å². The Labute approximate surface area is 95.9 Å². The lowest BCUT2D eigenvalue weighted by atomic mass is 9.89. The molecule has 0 amide bonds. The Hall–Kier alpha value is -0.420. The van der Waals surface area contributed by atoms with Gasteiger partial charge in [0.15, 0.2) is 0 Å². The van der Waals surface area contributed by atoms with Gasteiger partial charge in [0.05, 0.1) is 0 Å². The molecule has 0 radical (unpaired) electrons. The van der Waals surface area contributed by atoms with Gasteiger partial charge in [-0.15, -0.1) is 0 Å². The molecule has 4 N–H and O–H groups in total. The van der Waals surface area contributed by atoms with E-state index in [-0.39, 0.29) is 17.9 Å². The quantitative estimate of drug-likeness (QED) is 0.205. The van der Waals surface area contributed by atoms with E-state index in [4.69, 9.17) is 16.0 Å². The zero-order valence-corrected chi connectivity index (χ0v) is 10.5. The van der Waals surface area contributed by atoms with E-state index in [0.717, 1.165) is 17.9 Å². The van der Waals surface area contributed by atoms with Gasteiger partial charge in [-0.2, -0.15) is 11.8 Å². The molecule has 1 unspecified atom stereocenters. The second kappa shape index (κ2) is 6.95. The minimum absolute atomic E-state index is 0.233. The lowest BCUT2D eigenvalue weighted by molar-refractivity contribution is 0.250. The van der Waals surface area contributed by atoms with Crippen molar-refractivity contribution < 1.29 is 10.3 Å². The van der Waals surface area contributed by atoms with E-state index in [2.05, 4.69) is 5.16 Å². The molecule has 1 atom stereocenters. The molecule has 90 valence electrons. The Morgan fingerprint density at radius 3 is 2.60 bits per heavy atom. The molecule has 0 aliphatic heterocycles. The third-order valence-electron chi connectivity index (χ3n) is 2.39. The first-order valence-electron chi connectivity index (χ1n) is 5.10. The topological polar surface area (TPSA) is 78.8 Å². The minimum atomic E-state index is -0.260. The SMILES string of the molecule is CC(CO)CSCCC(C)(C)C(N)=NO. The molecule has 0 saturated carbocycles. The Kier molecular flexibility index (Phi) is 6.76. The molecular formula is C10H22N2O2S. The maximum atomic E-state index is 8.83. The van der Waals surface area contributed by atoms with Gasteiger partial charge in [0.25, 0.3) is 0 Å². The first-order valence-corrected chi connectivity index (χ1v) is 6.26. The normalized spacial score (nSPS) is 15.3. The molecule has 4 nitrogen and oxygen atoms in total. The number of nitrogens with zero attached hydrogens (tertiary/aromatic N) is 1. The highest BCUT2D eigenvalue weighted by Crippen LogP contribution is 2.23. The lowest BCUT2D eigenvalue weighted by Crippen LogP contribution is -2.32. The number of nitrogens with two attached hydrogens (primary N) is 1. The van der Waals surface area contributed by atoms with Crippen molar-refractivity contribution in [2.45, 2.75) is 27.2 Å². The van der Waals surface area contributed by atoms with Crippen LogP contribution >= 0.6 is 11.8 Å². The molecule has 5 heteroatoms. The van der Waals surface area contributed by atoms with Crippen molar-refractivity contribution in [3.05, 3.63) is 0 Å². The average Bonchev–Trinajstić information content (AvgIpc) is 2.22. The molecule has 0 spiro atoms. The Bertz CT molecular complexity index is 208. The summed E-state index contributed by atoms with van der Waals surface area (Å²) in [5.41, 5.74) is 5.31. The number of aliphatic hydroxyl groups excluding tert-OH is 1. The van der Waals surface area contributed by atoms with Crippen LogP contribution in [0.2, 0.25) is 0 Å². The van der Waals surface area contributed by atoms with Crippen LogP contribution in [0.1, 0.15) is 27.2 Å². The largest absolute Gasteiger partial charge is 0.409 e. The average molecular weight is 234 g/mol. The van der Waals surface area contributed by atoms with E-state index in [9.17, 15) is 0 Å². The maximum Gasteiger partial charge on any atom is 0.144 e. The number of amidine groups is 1. The van der Waals surface area contributed by atoms with Gasteiger partial charge >= 0.3 is 0 Å². The van der Waals surface area contributed by atoms with Crippen molar-refractivity contribution >= 4 is 17.6 Å². The van der Waals surface area contributed by atoms with Crippen LogP contribution in [0, 0.1) is 11.3 Å². The summed E-state index contributed by atoms with van der Waals surface area (Å²) in [6, 6.07) is 0. The van der Waals surface area contributed by atoms with Gasteiger partial charge in [-0.05, 0) is 23.8 Å². The van der Waals surface area contributed by atoms with Gasteiger partial charge in [-0.3, -0.25) is 0 Å². The fraction of sp³-hybridized carbons (Fsp3) is 0.900. The van der Waals surface area contributed by atoms with Crippen molar-refractivity contribution in [1.29, 1.82) is 0 Å².